The molecular weight excluding hydrogens is 364 g/mol. The average Bonchev–Trinajstić information content (AvgIpc) is 3.10. The summed E-state index contributed by atoms with van der Waals surface area (Å²) < 4.78 is 27.1. The van der Waals surface area contributed by atoms with Gasteiger partial charge < -0.3 is 5.32 Å². The van der Waals surface area contributed by atoms with Crippen LogP contribution in [0.1, 0.15) is 49.3 Å². The number of anilines is 1. The summed E-state index contributed by atoms with van der Waals surface area (Å²) >= 11 is 0. The first-order valence-corrected chi connectivity index (χ1v) is 10.8. The number of sulfonamides is 1. The van der Waals surface area contributed by atoms with Crippen molar-refractivity contribution in [2.24, 2.45) is 5.92 Å². The fraction of sp³-hybridized carbons (Fsp3) is 0.474. The number of benzene rings is 1. The summed E-state index contributed by atoms with van der Waals surface area (Å²) in [7, 11) is -3.53. The molecule has 146 valence electrons. The van der Waals surface area contributed by atoms with Crippen LogP contribution >= 0.6 is 0 Å². The molecule has 0 spiro atoms. The Balaban J connectivity index is 1.73. The molecule has 0 saturated carbocycles. The number of nitrogens with zero attached hydrogens (tertiary/aromatic N) is 2. The minimum atomic E-state index is -3.53. The Morgan fingerprint density at radius 2 is 1.96 bits per heavy atom. The van der Waals surface area contributed by atoms with Gasteiger partial charge in [0.2, 0.25) is 10.0 Å². The molecule has 1 aliphatic heterocycles. The molecule has 0 unspecified atom stereocenters. The highest BCUT2D eigenvalue weighted by atomic mass is 32.2. The van der Waals surface area contributed by atoms with E-state index in [2.05, 4.69) is 29.4 Å². The molecule has 1 aliphatic rings. The summed E-state index contributed by atoms with van der Waals surface area (Å²) in [5.41, 5.74) is 1.62. The molecule has 3 rings (SSSR count). The van der Waals surface area contributed by atoms with E-state index < -0.39 is 10.0 Å². The summed E-state index contributed by atoms with van der Waals surface area (Å²) in [5, 5.41) is 9.65. The number of nitrogens with one attached hydrogen (secondary N) is 2. The molecule has 8 heteroatoms. The lowest BCUT2D eigenvalue weighted by atomic mass is 10.1. The Bertz CT molecular complexity index is 899. The quantitative estimate of drug-likeness (QED) is 0.792. The highest BCUT2D eigenvalue weighted by Gasteiger charge is 2.26. The number of carbonyl (C=O) groups excluding carboxylic acids is 1. The number of aromatic nitrogens is 2. The Kier molecular flexibility index (Phi) is 5.96. The second-order valence-corrected chi connectivity index (χ2v) is 9.26. The van der Waals surface area contributed by atoms with Gasteiger partial charge in [-0.15, -0.1) is 0 Å². The molecule has 2 N–H and O–H groups in total. The van der Waals surface area contributed by atoms with E-state index in [0.717, 1.165) is 31.4 Å². The molecule has 0 radical (unpaired) electrons. The largest absolute Gasteiger partial charge is 0.321 e. The van der Waals surface area contributed by atoms with E-state index >= 15 is 0 Å². The zero-order valence-electron chi connectivity index (χ0n) is 15.7. The van der Waals surface area contributed by atoms with Gasteiger partial charge in [-0.3, -0.25) is 9.89 Å². The summed E-state index contributed by atoms with van der Waals surface area (Å²) in [6.07, 6.45) is 3.63. The molecule has 1 aromatic heterocycles. The number of H-pyrrole nitrogens is 1. The van der Waals surface area contributed by atoms with Crippen molar-refractivity contribution < 1.29 is 13.2 Å². The first-order valence-electron chi connectivity index (χ1n) is 9.32. The molecule has 0 bridgehead atoms. The number of carbonyl (C=O) groups is 1. The zero-order valence-corrected chi connectivity index (χ0v) is 16.6. The van der Waals surface area contributed by atoms with E-state index in [9.17, 15) is 13.2 Å². The summed E-state index contributed by atoms with van der Waals surface area (Å²) in [6, 6.07) is 8.11. The number of aromatic amines is 1. The summed E-state index contributed by atoms with van der Waals surface area (Å²) in [6.45, 7) is 5.28. The maximum atomic E-state index is 12.8. The van der Waals surface area contributed by atoms with Gasteiger partial charge in [0.05, 0.1) is 4.90 Å². The molecule has 1 aromatic carbocycles. The lowest BCUT2D eigenvalue weighted by Gasteiger charge is -2.26. The monoisotopic (exact) mass is 390 g/mol. The summed E-state index contributed by atoms with van der Waals surface area (Å²) in [4.78, 5) is 12.6. The minimum absolute atomic E-state index is 0.199. The Labute approximate surface area is 160 Å². The maximum absolute atomic E-state index is 12.8. The maximum Gasteiger partial charge on any atom is 0.276 e. The molecule has 2 aromatic rings. The normalized spacial score (nSPS) is 15.8. The second-order valence-electron chi connectivity index (χ2n) is 7.32. The molecule has 1 amide bonds. The molecule has 2 heterocycles. The van der Waals surface area contributed by atoms with E-state index in [1.54, 1.807) is 24.3 Å². The van der Waals surface area contributed by atoms with Gasteiger partial charge >= 0.3 is 0 Å². The highest BCUT2D eigenvalue weighted by Crippen LogP contribution is 2.23. The number of rotatable bonds is 6. The van der Waals surface area contributed by atoms with E-state index in [1.807, 2.05) is 0 Å². The van der Waals surface area contributed by atoms with Crippen LogP contribution in [0, 0.1) is 5.92 Å². The third-order valence-corrected chi connectivity index (χ3v) is 6.43. The summed E-state index contributed by atoms with van der Waals surface area (Å²) in [5.74, 6) is 0.0896. The molecular formula is C19H26N4O3S. The molecule has 27 heavy (non-hydrogen) atoms. The molecule has 1 saturated heterocycles. The second kappa shape index (κ2) is 8.22. The van der Waals surface area contributed by atoms with Crippen molar-refractivity contribution in [3.63, 3.8) is 0 Å². The predicted octanol–water partition coefficient (Wildman–Crippen LogP) is 3.04. The average molecular weight is 391 g/mol. The topological polar surface area (TPSA) is 95.2 Å². The first-order chi connectivity index (χ1) is 12.9. The van der Waals surface area contributed by atoms with Crippen LogP contribution in [0.25, 0.3) is 0 Å². The van der Waals surface area contributed by atoms with E-state index in [-0.39, 0.29) is 16.5 Å². The van der Waals surface area contributed by atoms with E-state index in [0.29, 0.717) is 24.7 Å². The molecule has 1 fully saturated rings. The van der Waals surface area contributed by atoms with Gasteiger partial charge in [-0.2, -0.15) is 9.40 Å². The Hall–Kier alpha value is -2.19. The van der Waals surface area contributed by atoms with Crippen LogP contribution in [-0.4, -0.2) is 41.9 Å². The van der Waals surface area contributed by atoms with Crippen molar-refractivity contribution in [3.05, 3.63) is 41.7 Å². The predicted molar refractivity (Wildman–Crippen MR) is 104 cm³/mol. The van der Waals surface area contributed by atoms with Crippen LogP contribution in [-0.2, 0) is 16.4 Å². The minimum Gasteiger partial charge on any atom is -0.321 e. The van der Waals surface area contributed by atoms with Crippen molar-refractivity contribution >= 4 is 21.6 Å². The lowest BCUT2D eigenvalue weighted by molar-refractivity contribution is 0.102. The fourth-order valence-corrected chi connectivity index (χ4v) is 4.77. The van der Waals surface area contributed by atoms with Crippen LogP contribution in [0.15, 0.2) is 35.2 Å². The van der Waals surface area contributed by atoms with Gasteiger partial charge in [-0.05, 0) is 49.4 Å². The molecule has 7 nitrogen and oxygen atoms in total. The van der Waals surface area contributed by atoms with Crippen LogP contribution in [0.4, 0.5) is 5.69 Å². The third kappa shape index (κ3) is 4.75. The van der Waals surface area contributed by atoms with Gasteiger partial charge in [0.1, 0.15) is 0 Å². The van der Waals surface area contributed by atoms with Gasteiger partial charge in [0.25, 0.3) is 5.91 Å². The van der Waals surface area contributed by atoms with Crippen LogP contribution in [0.3, 0.4) is 0 Å². The van der Waals surface area contributed by atoms with Gasteiger partial charge in [-0.1, -0.05) is 26.3 Å². The highest BCUT2D eigenvalue weighted by molar-refractivity contribution is 7.89. The van der Waals surface area contributed by atoms with Crippen molar-refractivity contribution in [1.82, 2.24) is 14.5 Å². The van der Waals surface area contributed by atoms with E-state index in [4.69, 9.17) is 0 Å². The molecule has 0 aliphatic carbocycles. The number of piperidine rings is 1. The van der Waals surface area contributed by atoms with Crippen LogP contribution in [0.5, 0.6) is 0 Å². The van der Waals surface area contributed by atoms with Crippen molar-refractivity contribution in [2.75, 3.05) is 18.4 Å². The molecule has 0 atom stereocenters. The van der Waals surface area contributed by atoms with Crippen LogP contribution in [0.2, 0.25) is 0 Å². The van der Waals surface area contributed by atoms with Gasteiger partial charge in [-0.25, -0.2) is 8.42 Å². The number of amides is 1. The fourth-order valence-electron chi connectivity index (χ4n) is 3.21. The Morgan fingerprint density at radius 3 is 2.67 bits per heavy atom. The van der Waals surface area contributed by atoms with Crippen molar-refractivity contribution in [1.29, 1.82) is 0 Å². The van der Waals surface area contributed by atoms with Crippen molar-refractivity contribution in [2.45, 2.75) is 44.4 Å². The van der Waals surface area contributed by atoms with Crippen LogP contribution < -0.4 is 5.32 Å². The zero-order chi connectivity index (χ0) is 19.4. The lowest BCUT2D eigenvalue weighted by Crippen LogP contribution is -2.35. The first kappa shape index (κ1) is 19.6. The van der Waals surface area contributed by atoms with Gasteiger partial charge in [0.15, 0.2) is 5.69 Å². The smallest absolute Gasteiger partial charge is 0.276 e. The van der Waals surface area contributed by atoms with Gasteiger partial charge in [0, 0.05) is 24.5 Å². The Morgan fingerprint density at radius 1 is 1.22 bits per heavy atom. The standard InChI is InChI=1S/C19H26N4O3S/c1-14(2)11-16-13-18(22-21-16)19(24)20-15-7-6-8-17(12-15)27(25,26)23-9-4-3-5-10-23/h6-8,12-14H,3-5,9-11H2,1-2H3,(H,20,24)(H,21,22). The number of hydrogen-bond donors (Lipinski definition) is 2. The van der Waals surface area contributed by atoms with E-state index in [1.165, 1.54) is 10.4 Å². The third-order valence-electron chi connectivity index (χ3n) is 4.54. The SMILES string of the molecule is CC(C)Cc1cc(C(=O)Nc2cccc(S(=O)(=O)N3CCCCC3)c2)n[nH]1. The number of hydrogen-bond acceptors (Lipinski definition) is 4. The van der Waals surface area contributed by atoms with Crippen molar-refractivity contribution in [3.8, 4) is 0 Å².